The first-order valence-corrected chi connectivity index (χ1v) is 17.0. The lowest BCUT2D eigenvalue weighted by molar-refractivity contribution is 0.722. The molecule has 2 aliphatic carbocycles. The molecule has 0 N–H and O–H groups in total. The molecule has 0 fully saturated rings. The first-order chi connectivity index (χ1) is 24.6. The van der Waals surface area contributed by atoms with E-state index in [1.165, 1.54) is 27.9 Å². The van der Waals surface area contributed by atoms with E-state index >= 15 is 0 Å². The molecular weight excluding hydrogens is 609 g/mol. The number of hydrogen-bond acceptors (Lipinski definition) is 3. The maximum atomic E-state index is 10.6. The van der Waals surface area contributed by atoms with E-state index in [4.69, 9.17) is 0 Å². The molecule has 0 saturated carbocycles. The monoisotopic (exact) mass is 640 g/mol. The number of benzene rings is 5. The van der Waals surface area contributed by atoms with Crippen LogP contribution in [0.25, 0.3) is 44.2 Å². The summed E-state index contributed by atoms with van der Waals surface area (Å²) in [5.74, 6) is 0.280. The quantitative estimate of drug-likeness (QED) is 0.134. The van der Waals surface area contributed by atoms with Crippen LogP contribution in [0.2, 0.25) is 0 Å². The van der Waals surface area contributed by atoms with Crippen molar-refractivity contribution in [1.29, 1.82) is 10.5 Å². The molecule has 0 radical (unpaired) electrons. The second-order valence-electron chi connectivity index (χ2n) is 13.2. The zero-order chi connectivity index (χ0) is 33.9. The zero-order valence-corrected chi connectivity index (χ0v) is 27.6. The Kier molecular flexibility index (Phi) is 6.80. The van der Waals surface area contributed by atoms with Crippen LogP contribution in [-0.4, -0.2) is 10.6 Å². The lowest BCUT2D eigenvalue weighted by atomic mass is 9.91. The molecule has 0 amide bonds. The maximum Gasteiger partial charge on any atom is 0.0998 e. The molecule has 1 aromatic heterocycles. The normalized spacial score (nSPS) is 17.5. The van der Waals surface area contributed by atoms with Crippen molar-refractivity contribution in [3.05, 3.63) is 185 Å². The Labute approximate surface area is 291 Å². The fourth-order valence-electron chi connectivity index (χ4n) is 8.15. The summed E-state index contributed by atoms with van der Waals surface area (Å²) in [5, 5.41) is 22.5. The van der Waals surface area contributed by atoms with Crippen molar-refractivity contribution < 1.29 is 0 Å². The minimum Gasteiger partial charge on any atom is -0.337 e. The van der Waals surface area contributed by atoms with Crippen LogP contribution in [0.1, 0.15) is 40.7 Å². The SMILES string of the molecule is C=C/C(=C(C#N)\C=C(/C)N1c2ccccc2C2C=CC=CC21)c1cc2c(c(-c3ccccc3-n3c4ccccc4c4cc(C#N)ccc43)c1)C2. The molecule has 2 atom stereocenters. The Morgan fingerprint density at radius 3 is 2.40 bits per heavy atom. The number of para-hydroxylation sites is 3. The molecule has 1 aliphatic heterocycles. The summed E-state index contributed by atoms with van der Waals surface area (Å²) in [6.45, 7) is 6.30. The van der Waals surface area contributed by atoms with Gasteiger partial charge in [-0.2, -0.15) is 10.5 Å². The Balaban J connectivity index is 1.18. The number of hydrogen-bond donors (Lipinski definition) is 0. The summed E-state index contributed by atoms with van der Waals surface area (Å²) < 4.78 is 2.32. The van der Waals surface area contributed by atoms with Gasteiger partial charge < -0.3 is 9.47 Å². The molecule has 0 saturated heterocycles. The molecule has 9 rings (SSSR count). The van der Waals surface area contributed by atoms with Crippen LogP contribution in [0.4, 0.5) is 5.69 Å². The number of nitrogens with zero attached hydrogens (tertiary/aromatic N) is 4. The maximum absolute atomic E-state index is 10.6. The van der Waals surface area contributed by atoms with Gasteiger partial charge in [-0.05, 0) is 95.3 Å². The molecular formula is C46H32N4. The number of allylic oxidation sites excluding steroid dienone is 7. The standard InChI is InChI=1S/C46H32N4/c1-3-34(33(28-48)22-29(2)49-42-16-8-4-12-35(42)36-13-5-9-17-43(36)49)31-24-32-25-39(32)40(26-31)37-14-6-10-18-44(37)50-45-19-11-7-15-38(45)41-23-30(27-47)20-21-46(41)50/h3-24,26,35,42H,1,25H2,2H3/b29-22+,34-33-. The smallest absolute Gasteiger partial charge is 0.0998 e. The van der Waals surface area contributed by atoms with E-state index in [0.717, 1.165) is 56.3 Å². The predicted molar refractivity (Wildman–Crippen MR) is 204 cm³/mol. The first-order valence-electron chi connectivity index (χ1n) is 17.0. The van der Waals surface area contributed by atoms with Crippen molar-refractivity contribution in [3.8, 4) is 29.0 Å². The summed E-state index contributed by atoms with van der Waals surface area (Å²) in [5.41, 5.74) is 14.7. The number of anilines is 1. The van der Waals surface area contributed by atoms with E-state index in [1.807, 2.05) is 24.3 Å². The van der Waals surface area contributed by atoms with Crippen molar-refractivity contribution in [1.82, 2.24) is 4.57 Å². The largest absolute Gasteiger partial charge is 0.337 e. The summed E-state index contributed by atoms with van der Waals surface area (Å²) in [6.07, 6.45) is 13.5. The van der Waals surface area contributed by atoms with Gasteiger partial charge in [0.05, 0.1) is 46.0 Å². The van der Waals surface area contributed by atoms with E-state index in [9.17, 15) is 10.5 Å². The summed E-state index contributed by atoms with van der Waals surface area (Å²) in [7, 11) is 0. The third kappa shape index (κ3) is 4.51. The summed E-state index contributed by atoms with van der Waals surface area (Å²) in [6, 6.07) is 40.9. The van der Waals surface area contributed by atoms with E-state index in [-0.39, 0.29) is 12.0 Å². The molecule has 6 aromatic rings. The van der Waals surface area contributed by atoms with Gasteiger partial charge in [-0.25, -0.2) is 0 Å². The molecule has 3 aliphatic rings. The van der Waals surface area contributed by atoms with Crippen molar-refractivity contribution in [2.75, 3.05) is 4.90 Å². The highest BCUT2D eigenvalue weighted by Gasteiger charge is 2.37. The molecule has 50 heavy (non-hydrogen) atoms. The number of nitriles is 2. The zero-order valence-electron chi connectivity index (χ0n) is 27.6. The Morgan fingerprint density at radius 2 is 1.56 bits per heavy atom. The predicted octanol–water partition coefficient (Wildman–Crippen LogP) is 10.7. The van der Waals surface area contributed by atoms with E-state index in [0.29, 0.717) is 11.1 Å². The van der Waals surface area contributed by atoms with Crippen molar-refractivity contribution in [3.63, 3.8) is 0 Å². The minimum absolute atomic E-state index is 0.171. The van der Waals surface area contributed by atoms with Crippen molar-refractivity contribution >= 4 is 33.1 Å². The summed E-state index contributed by atoms with van der Waals surface area (Å²) in [4.78, 5) is 2.36. The third-order valence-corrected chi connectivity index (χ3v) is 10.4. The lowest BCUT2D eigenvalue weighted by Crippen LogP contribution is -2.31. The van der Waals surface area contributed by atoms with Gasteiger partial charge in [-0.15, -0.1) is 0 Å². The van der Waals surface area contributed by atoms with Crippen LogP contribution in [0.5, 0.6) is 0 Å². The van der Waals surface area contributed by atoms with Crippen molar-refractivity contribution in [2.45, 2.75) is 25.3 Å². The first kappa shape index (κ1) is 29.5. The molecule has 4 nitrogen and oxygen atoms in total. The van der Waals surface area contributed by atoms with Gasteiger partial charge >= 0.3 is 0 Å². The van der Waals surface area contributed by atoms with Gasteiger partial charge in [0, 0.05) is 33.6 Å². The second kappa shape index (κ2) is 11.5. The second-order valence-corrected chi connectivity index (χ2v) is 13.2. The molecule has 236 valence electrons. The van der Waals surface area contributed by atoms with E-state index in [2.05, 4.69) is 150 Å². The van der Waals surface area contributed by atoms with Gasteiger partial charge in [0.25, 0.3) is 0 Å². The average molecular weight is 641 g/mol. The highest BCUT2D eigenvalue weighted by Crippen LogP contribution is 2.47. The highest BCUT2D eigenvalue weighted by molar-refractivity contribution is 6.10. The van der Waals surface area contributed by atoms with E-state index in [1.54, 1.807) is 0 Å². The molecule has 5 aromatic carbocycles. The van der Waals surface area contributed by atoms with Gasteiger partial charge in [0.15, 0.2) is 0 Å². The fourth-order valence-corrected chi connectivity index (χ4v) is 8.15. The van der Waals surface area contributed by atoms with Crippen LogP contribution < -0.4 is 4.90 Å². The van der Waals surface area contributed by atoms with Gasteiger partial charge in [0.1, 0.15) is 0 Å². The molecule has 4 heteroatoms. The van der Waals surface area contributed by atoms with Crippen LogP contribution in [-0.2, 0) is 6.42 Å². The molecule has 0 spiro atoms. The Bertz CT molecular complexity index is 2650. The minimum atomic E-state index is 0.171. The molecule has 2 unspecified atom stereocenters. The van der Waals surface area contributed by atoms with Crippen LogP contribution in [0.3, 0.4) is 0 Å². The lowest BCUT2D eigenvalue weighted by Gasteiger charge is -2.29. The number of fused-ring (bicyclic) bond motifs is 7. The van der Waals surface area contributed by atoms with Crippen LogP contribution in [0, 0.1) is 22.7 Å². The Morgan fingerprint density at radius 1 is 0.800 bits per heavy atom. The third-order valence-electron chi connectivity index (χ3n) is 10.4. The molecule has 0 bridgehead atoms. The fraction of sp³-hybridized carbons (Fsp3) is 0.0870. The van der Waals surface area contributed by atoms with Crippen LogP contribution >= 0.6 is 0 Å². The van der Waals surface area contributed by atoms with Crippen molar-refractivity contribution in [2.24, 2.45) is 0 Å². The highest BCUT2D eigenvalue weighted by atomic mass is 15.2. The van der Waals surface area contributed by atoms with Gasteiger partial charge in [0.2, 0.25) is 0 Å². The summed E-state index contributed by atoms with van der Waals surface area (Å²) >= 11 is 0. The van der Waals surface area contributed by atoms with Crippen LogP contribution in [0.15, 0.2) is 157 Å². The molecule has 2 heterocycles. The van der Waals surface area contributed by atoms with E-state index < -0.39 is 0 Å². The average Bonchev–Trinajstić information content (AvgIpc) is 3.78. The van der Waals surface area contributed by atoms with Gasteiger partial charge in [-0.3, -0.25) is 0 Å². The topological polar surface area (TPSA) is 55.8 Å². The number of rotatable bonds is 6. The Hall–Kier alpha value is -6.62. The van der Waals surface area contributed by atoms with Gasteiger partial charge in [-0.1, -0.05) is 97.6 Å². The number of aromatic nitrogens is 1.